The third-order valence-electron chi connectivity index (χ3n) is 5.63. The number of nitrogens with zero attached hydrogens (tertiary/aromatic N) is 1. The molecular formula is C21H21F3N2O2. The Labute approximate surface area is 161 Å². The lowest BCUT2D eigenvalue weighted by molar-refractivity contribution is -0.274. The molecule has 0 aromatic heterocycles. The van der Waals surface area contributed by atoms with Crippen molar-refractivity contribution in [3.05, 3.63) is 65.7 Å². The van der Waals surface area contributed by atoms with E-state index in [9.17, 15) is 18.0 Å². The smallest absolute Gasteiger partial charge is 0.406 e. The minimum atomic E-state index is -4.74. The fraction of sp³-hybridized carbons (Fsp3) is 0.381. The van der Waals surface area contributed by atoms with Crippen molar-refractivity contribution >= 4 is 5.91 Å². The van der Waals surface area contributed by atoms with Crippen molar-refractivity contribution in [3.63, 3.8) is 0 Å². The zero-order chi connectivity index (χ0) is 19.8. The van der Waals surface area contributed by atoms with Crippen molar-refractivity contribution in [2.24, 2.45) is 5.92 Å². The number of hydrogen-bond donors (Lipinski definition) is 1. The number of rotatable bonds is 6. The number of ether oxygens (including phenoxy) is 1. The van der Waals surface area contributed by atoms with Gasteiger partial charge in [-0.1, -0.05) is 30.3 Å². The Hall–Kier alpha value is -2.54. The maximum atomic E-state index is 12.4. The number of halogens is 3. The molecule has 1 aliphatic carbocycles. The van der Waals surface area contributed by atoms with Crippen LogP contribution in [0, 0.1) is 5.92 Å². The van der Waals surface area contributed by atoms with Gasteiger partial charge in [0.1, 0.15) is 5.75 Å². The number of fused-ring (bicyclic) bond motifs is 1. The summed E-state index contributed by atoms with van der Waals surface area (Å²) in [7, 11) is 0. The van der Waals surface area contributed by atoms with E-state index in [0.717, 1.165) is 38.1 Å². The molecule has 28 heavy (non-hydrogen) atoms. The van der Waals surface area contributed by atoms with Gasteiger partial charge in [0, 0.05) is 30.7 Å². The molecule has 1 saturated carbocycles. The summed E-state index contributed by atoms with van der Waals surface area (Å²) in [5, 5.41) is 2.96. The molecule has 0 unspecified atom stereocenters. The predicted molar refractivity (Wildman–Crippen MR) is 97.8 cm³/mol. The van der Waals surface area contributed by atoms with Crippen LogP contribution in [-0.2, 0) is 6.54 Å². The molecule has 0 spiro atoms. The topological polar surface area (TPSA) is 41.6 Å². The van der Waals surface area contributed by atoms with Gasteiger partial charge in [0.15, 0.2) is 0 Å². The van der Waals surface area contributed by atoms with Crippen LogP contribution in [0.5, 0.6) is 5.75 Å². The zero-order valence-corrected chi connectivity index (χ0v) is 15.2. The first kappa shape index (κ1) is 18.8. The standard InChI is InChI=1S/C21H21F3N2O2/c22-21(23,24)28-18-8-6-17(7-9-18)19(27)25-14-20-10-16(11-20)13-26(20)12-15-4-2-1-3-5-15/h1-9,16H,10-14H2,(H,25,27). The molecule has 2 aromatic rings. The SMILES string of the molecule is O=C(NCC12CC(CN1Cc1ccccc1)C2)c1ccc(OC(F)(F)F)cc1. The highest BCUT2D eigenvalue weighted by Gasteiger charge is 2.55. The fourth-order valence-corrected chi connectivity index (χ4v) is 4.35. The molecule has 148 valence electrons. The third-order valence-corrected chi connectivity index (χ3v) is 5.63. The summed E-state index contributed by atoms with van der Waals surface area (Å²) in [6.07, 6.45) is -2.61. The summed E-state index contributed by atoms with van der Waals surface area (Å²) >= 11 is 0. The van der Waals surface area contributed by atoms with Crippen molar-refractivity contribution < 1.29 is 22.7 Å². The molecule has 4 nitrogen and oxygen atoms in total. The van der Waals surface area contributed by atoms with Gasteiger partial charge in [0.25, 0.3) is 5.91 Å². The molecular weight excluding hydrogens is 369 g/mol. The molecule has 0 atom stereocenters. The lowest BCUT2D eigenvalue weighted by Gasteiger charge is -2.42. The quantitative estimate of drug-likeness (QED) is 0.811. The second kappa shape index (κ2) is 7.13. The molecule has 2 aromatic carbocycles. The van der Waals surface area contributed by atoms with Gasteiger partial charge < -0.3 is 10.1 Å². The van der Waals surface area contributed by atoms with Crippen molar-refractivity contribution in [3.8, 4) is 5.75 Å². The van der Waals surface area contributed by atoms with Crippen LogP contribution in [0.25, 0.3) is 0 Å². The Balaban J connectivity index is 1.35. The van der Waals surface area contributed by atoms with E-state index in [1.54, 1.807) is 0 Å². The first-order chi connectivity index (χ1) is 13.3. The summed E-state index contributed by atoms with van der Waals surface area (Å²) in [6.45, 7) is 2.43. The van der Waals surface area contributed by atoms with Gasteiger partial charge in [0.2, 0.25) is 0 Å². The molecule has 2 bridgehead atoms. The van der Waals surface area contributed by atoms with Gasteiger partial charge in [-0.15, -0.1) is 13.2 Å². The van der Waals surface area contributed by atoms with Crippen LogP contribution in [0.3, 0.4) is 0 Å². The molecule has 0 radical (unpaired) electrons. The summed E-state index contributed by atoms with van der Waals surface area (Å²) in [5.41, 5.74) is 1.55. The van der Waals surface area contributed by atoms with E-state index in [0.29, 0.717) is 18.0 Å². The van der Waals surface area contributed by atoms with Gasteiger partial charge in [-0.3, -0.25) is 9.69 Å². The van der Waals surface area contributed by atoms with Crippen LogP contribution in [0.15, 0.2) is 54.6 Å². The summed E-state index contributed by atoms with van der Waals surface area (Å²) in [5.74, 6) is 0.0525. The monoisotopic (exact) mass is 390 g/mol. The molecule has 3 aliphatic rings. The van der Waals surface area contributed by atoms with E-state index >= 15 is 0 Å². The number of carbonyl (C=O) groups is 1. The highest BCUT2D eigenvalue weighted by atomic mass is 19.4. The van der Waals surface area contributed by atoms with Crippen LogP contribution >= 0.6 is 0 Å². The average molecular weight is 390 g/mol. The lowest BCUT2D eigenvalue weighted by atomic mass is 9.73. The van der Waals surface area contributed by atoms with Crippen LogP contribution < -0.4 is 10.1 Å². The van der Waals surface area contributed by atoms with E-state index in [1.165, 1.54) is 17.7 Å². The molecule has 2 heterocycles. The Morgan fingerprint density at radius 1 is 1.11 bits per heavy atom. The summed E-state index contributed by atoms with van der Waals surface area (Å²) in [4.78, 5) is 14.9. The maximum absolute atomic E-state index is 12.4. The van der Waals surface area contributed by atoms with Crippen LogP contribution in [0.1, 0.15) is 28.8 Å². The fourth-order valence-electron chi connectivity index (χ4n) is 4.35. The molecule has 1 N–H and O–H groups in total. The second-order valence-electron chi connectivity index (χ2n) is 7.62. The predicted octanol–water partition coefficient (Wildman–Crippen LogP) is 3.98. The first-order valence-corrected chi connectivity index (χ1v) is 9.26. The lowest BCUT2D eigenvalue weighted by Crippen LogP contribution is -2.53. The highest BCUT2D eigenvalue weighted by Crippen LogP contribution is 2.50. The van der Waals surface area contributed by atoms with Crippen LogP contribution in [0.4, 0.5) is 13.2 Å². The maximum Gasteiger partial charge on any atom is 0.573 e. The first-order valence-electron chi connectivity index (χ1n) is 9.26. The number of nitrogens with one attached hydrogen (secondary N) is 1. The van der Waals surface area contributed by atoms with Gasteiger partial charge in [-0.25, -0.2) is 0 Å². The van der Waals surface area contributed by atoms with Gasteiger partial charge >= 0.3 is 6.36 Å². The van der Waals surface area contributed by atoms with Crippen LogP contribution in [-0.4, -0.2) is 35.8 Å². The highest BCUT2D eigenvalue weighted by molar-refractivity contribution is 5.94. The number of carbonyl (C=O) groups excluding carboxylic acids is 1. The molecule has 2 saturated heterocycles. The Kier molecular flexibility index (Phi) is 4.79. The normalized spacial score (nSPS) is 23.9. The van der Waals surface area contributed by atoms with Crippen molar-refractivity contribution in [2.45, 2.75) is 31.3 Å². The summed E-state index contributed by atoms with van der Waals surface area (Å²) in [6, 6.07) is 15.2. The second-order valence-corrected chi connectivity index (χ2v) is 7.62. The molecule has 5 rings (SSSR count). The molecule has 2 aliphatic heterocycles. The van der Waals surface area contributed by atoms with E-state index in [4.69, 9.17) is 0 Å². The average Bonchev–Trinajstić information content (AvgIpc) is 3.13. The Bertz CT molecular complexity index is 831. The van der Waals surface area contributed by atoms with E-state index < -0.39 is 6.36 Å². The number of hydrogen-bond acceptors (Lipinski definition) is 3. The Morgan fingerprint density at radius 2 is 1.79 bits per heavy atom. The zero-order valence-electron chi connectivity index (χ0n) is 15.2. The van der Waals surface area contributed by atoms with Gasteiger partial charge in [0.05, 0.1) is 0 Å². The molecule has 1 amide bonds. The van der Waals surface area contributed by atoms with E-state index in [1.807, 2.05) is 18.2 Å². The molecule has 3 fully saturated rings. The van der Waals surface area contributed by atoms with Crippen molar-refractivity contribution in [1.82, 2.24) is 10.2 Å². The van der Waals surface area contributed by atoms with Crippen molar-refractivity contribution in [2.75, 3.05) is 13.1 Å². The number of benzene rings is 2. The van der Waals surface area contributed by atoms with E-state index in [2.05, 4.69) is 27.1 Å². The number of alkyl halides is 3. The number of amides is 1. The van der Waals surface area contributed by atoms with Gasteiger partial charge in [-0.2, -0.15) is 0 Å². The Morgan fingerprint density at radius 3 is 2.43 bits per heavy atom. The van der Waals surface area contributed by atoms with E-state index in [-0.39, 0.29) is 17.2 Å². The van der Waals surface area contributed by atoms with Crippen molar-refractivity contribution in [1.29, 1.82) is 0 Å². The van der Waals surface area contributed by atoms with Gasteiger partial charge in [-0.05, 0) is 48.6 Å². The molecule has 7 heteroatoms. The van der Waals surface area contributed by atoms with Crippen LogP contribution in [0.2, 0.25) is 0 Å². The third kappa shape index (κ3) is 3.99. The minimum Gasteiger partial charge on any atom is -0.406 e. The minimum absolute atomic E-state index is 0.0183. The largest absolute Gasteiger partial charge is 0.573 e. The summed E-state index contributed by atoms with van der Waals surface area (Å²) < 4.78 is 40.5.